The van der Waals surface area contributed by atoms with Crippen molar-refractivity contribution in [1.82, 2.24) is 24.5 Å². The van der Waals surface area contributed by atoms with Crippen molar-refractivity contribution in [2.45, 2.75) is 24.8 Å². The molecule has 3 aromatic heterocycles. The lowest BCUT2D eigenvalue weighted by Crippen LogP contribution is -2.60. The second-order valence-corrected chi connectivity index (χ2v) is 6.23. The smallest absolute Gasteiger partial charge is 0.278 e. The van der Waals surface area contributed by atoms with E-state index in [1.165, 1.54) is 39.7 Å². The summed E-state index contributed by atoms with van der Waals surface area (Å²) in [7, 11) is 0. The van der Waals surface area contributed by atoms with Gasteiger partial charge in [-0.15, -0.1) is 11.3 Å². The van der Waals surface area contributed by atoms with Crippen molar-refractivity contribution in [1.29, 1.82) is 0 Å². The van der Waals surface area contributed by atoms with E-state index < -0.39 is 37.0 Å². The summed E-state index contributed by atoms with van der Waals surface area (Å²) in [6.45, 7) is -0.479. The molecule has 0 spiro atoms. The molecule has 1 fully saturated rings. The molecule has 0 saturated carbocycles. The monoisotopic (exact) mass is 366 g/mol. The van der Waals surface area contributed by atoms with Crippen LogP contribution in [0.1, 0.15) is 6.23 Å². The van der Waals surface area contributed by atoms with E-state index in [1.807, 2.05) is 0 Å². The molecule has 4 N–H and O–H groups in total. The molecule has 0 bridgehead atoms. The quantitative estimate of drug-likeness (QED) is 0.439. The number of aromatic nitrogens is 5. The summed E-state index contributed by atoms with van der Waals surface area (Å²) in [5.41, 5.74) is -0.129. The SMILES string of the molecule is O=c1[nH]cnc2c1ncn2[C@@H]1O[C@H](CO)C(O)N(c2nccs2)C1O. The number of rotatable bonds is 3. The topological polar surface area (TPSA) is 150 Å². The van der Waals surface area contributed by atoms with E-state index in [2.05, 4.69) is 19.9 Å². The van der Waals surface area contributed by atoms with Crippen molar-refractivity contribution in [3.05, 3.63) is 34.6 Å². The normalized spacial score (nSPS) is 27.1. The Kier molecular flexibility index (Phi) is 3.97. The number of nitrogens with zero attached hydrogens (tertiary/aromatic N) is 5. The Bertz CT molecular complexity index is 927. The first-order valence-electron chi connectivity index (χ1n) is 7.32. The van der Waals surface area contributed by atoms with Gasteiger partial charge in [0.1, 0.15) is 6.10 Å². The number of aromatic amines is 1. The van der Waals surface area contributed by atoms with Gasteiger partial charge in [0, 0.05) is 11.6 Å². The van der Waals surface area contributed by atoms with Crippen LogP contribution in [0.2, 0.25) is 0 Å². The van der Waals surface area contributed by atoms with Crippen LogP contribution < -0.4 is 10.5 Å². The van der Waals surface area contributed by atoms with E-state index in [0.29, 0.717) is 5.13 Å². The number of H-pyrrole nitrogens is 1. The third-order valence-corrected chi connectivity index (χ3v) is 4.72. The Labute approximate surface area is 143 Å². The van der Waals surface area contributed by atoms with Crippen LogP contribution in [0.4, 0.5) is 5.13 Å². The Morgan fingerprint density at radius 1 is 1.28 bits per heavy atom. The van der Waals surface area contributed by atoms with Gasteiger partial charge in [-0.25, -0.2) is 15.0 Å². The first-order valence-corrected chi connectivity index (χ1v) is 8.20. The van der Waals surface area contributed by atoms with Gasteiger partial charge in [0.15, 0.2) is 35.0 Å². The molecule has 0 amide bonds. The Balaban J connectivity index is 1.80. The fraction of sp³-hybridized carbons (Fsp3) is 0.385. The van der Waals surface area contributed by atoms with Gasteiger partial charge < -0.3 is 25.0 Å². The second-order valence-electron chi connectivity index (χ2n) is 5.35. The minimum atomic E-state index is -1.34. The molecule has 4 rings (SSSR count). The summed E-state index contributed by atoms with van der Waals surface area (Å²) in [6, 6.07) is 0. The molecule has 11 nitrogen and oxygen atoms in total. The number of fused-ring (bicyclic) bond motifs is 1. The standard InChI is InChI=1S/C13H14N6O5S/c20-3-6-10(22)19(13-14-1-2-25-13)11(23)12(24-6)18-5-17-7-8(18)15-4-16-9(7)21/h1-2,4-6,10-12,20,22-23H,3H2,(H,15,16,21)/t6-,10?,11?,12-/m1/s1. The maximum atomic E-state index is 11.8. The predicted molar refractivity (Wildman–Crippen MR) is 85.8 cm³/mol. The van der Waals surface area contributed by atoms with Gasteiger partial charge in [-0.05, 0) is 0 Å². The zero-order valence-electron chi connectivity index (χ0n) is 12.6. The number of ether oxygens (including phenoxy) is 1. The highest BCUT2D eigenvalue weighted by Crippen LogP contribution is 2.34. The van der Waals surface area contributed by atoms with Crippen LogP contribution in [-0.2, 0) is 4.74 Å². The van der Waals surface area contributed by atoms with Crippen LogP contribution in [-0.4, -0.2) is 65.0 Å². The number of thiazole rings is 1. The first-order chi connectivity index (χ1) is 12.1. The van der Waals surface area contributed by atoms with Crippen molar-refractivity contribution in [2.75, 3.05) is 11.5 Å². The summed E-state index contributed by atoms with van der Waals surface area (Å²) in [6.07, 6.45) is -0.649. The van der Waals surface area contributed by atoms with Crippen molar-refractivity contribution < 1.29 is 20.1 Å². The Morgan fingerprint density at radius 3 is 2.84 bits per heavy atom. The summed E-state index contributed by atoms with van der Waals surface area (Å²) >= 11 is 1.22. The molecule has 0 aromatic carbocycles. The lowest BCUT2D eigenvalue weighted by molar-refractivity contribution is -0.202. The molecule has 2 unspecified atom stereocenters. The Hall–Kier alpha value is -2.38. The number of morpholine rings is 1. The highest BCUT2D eigenvalue weighted by molar-refractivity contribution is 7.13. The Morgan fingerprint density at radius 2 is 2.12 bits per heavy atom. The molecule has 4 heterocycles. The first kappa shape index (κ1) is 16.1. The zero-order valence-corrected chi connectivity index (χ0v) is 13.4. The highest BCUT2D eigenvalue weighted by atomic mass is 32.1. The van der Waals surface area contributed by atoms with Gasteiger partial charge >= 0.3 is 0 Å². The molecule has 3 aromatic rings. The van der Waals surface area contributed by atoms with Crippen LogP contribution >= 0.6 is 11.3 Å². The van der Waals surface area contributed by atoms with E-state index in [-0.39, 0.29) is 11.2 Å². The number of anilines is 1. The van der Waals surface area contributed by atoms with Gasteiger partial charge in [0.2, 0.25) is 0 Å². The molecule has 1 saturated heterocycles. The summed E-state index contributed by atoms with van der Waals surface area (Å²) in [4.78, 5) is 27.6. The maximum absolute atomic E-state index is 11.8. The second kappa shape index (κ2) is 6.16. The molecule has 0 radical (unpaired) electrons. The van der Waals surface area contributed by atoms with E-state index in [9.17, 15) is 20.1 Å². The fourth-order valence-corrected chi connectivity index (χ4v) is 3.46. The van der Waals surface area contributed by atoms with Gasteiger partial charge in [-0.1, -0.05) is 0 Å². The lowest BCUT2D eigenvalue weighted by Gasteiger charge is -2.45. The third kappa shape index (κ3) is 2.51. The lowest BCUT2D eigenvalue weighted by atomic mass is 10.2. The average Bonchev–Trinajstić information content (AvgIpc) is 3.26. The van der Waals surface area contributed by atoms with Crippen LogP contribution in [0.5, 0.6) is 0 Å². The molecular formula is C13H14N6O5S. The van der Waals surface area contributed by atoms with Crippen molar-refractivity contribution >= 4 is 27.6 Å². The minimum Gasteiger partial charge on any atom is -0.393 e. The van der Waals surface area contributed by atoms with Crippen LogP contribution in [0, 0.1) is 0 Å². The number of imidazole rings is 1. The average molecular weight is 366 g/mol. The van der Waals surface area contributed by atoms with Crippen molar-refractivity contribution in [3.63, 3.8) is 0 Å². The largest absolute Gasteiger partial charge is 0.393 e. The third-order valence-electron chi connectivity index (χ3n) is 3.93. The molecule has 4 atom stereocenters. The number of nitrogens with one attached hydrogen (secondary N) is 1. The van der Waals surface area contributed by atoms with E-state index in [0.717, 1.165) is 0 Å². The van der Waals surface area contributed by atoms with Crippen molar-refractivity contribution in [2.24, 2.45) is 0 Å². The predicted octanol–water partition coefficient (Wildman–Crippen LogP) is -1.39. The van der Waals surface area contributed by atoms with Crippen molar-refractivity contribution in [3.8, 4) is 0 Å². The van der Waals surface area contributed by atoms with E-state index in [4.69, 9.17) is 4.74 Å². The van der Waals surface area contributed by atoms with E-state index in [1.54, 1.807) is 5.38 Å². The molecule has 132 valence electrons. The van der Waals surface area contributed by atoms with Crippen LogP contribution in [0.15, 0.2) is 29.0 Å². The fourth-order valence-electron chi connectivity index (χ4n) is 2.76. The number of aliphatic hydroxyl groups is 3. The maximum Gasteiger partial charge on any atom is 0.278 e. The molecule has 1 aliphatic rings. The molecule has 12 heteroatoms. The number of hydrogen-bond donors (Lipinski definition) is 4. The number of aliphatic hydroxyl groups excluding tert-OH is 3. The highest BCUT2D eigenvalue weighted by Gasteiger charge is 2.44. The summed E-state index contributed by atoms with van der Waals surface area (Å²) < 4.78 is 7.02. The molecule has 1 aliphatic heterocycles. The van der Waals surface area contributed by atoms with Gasteiger partial charge in [-0.2, -0.15) is 0 Å². The summed E-state index contributed by atoms with van der Waals surface area (Å²) in [5, 5.41) is 32.7. The van der Waals surface area contributed by atoms with Crippen LogP contribution in [0.25, 0.3) is 11.2 Å². The molecule has 0 aliphatic carbocycles. The van der Waals surface area contributed by atoms with Gasteiger partial charge in [0.25, 0.3) is 5.56 Å². The minimum absolute atomic E-state index is 0.0887. The molecule has 25 heavy (non-hydrogen) atoms. The van der Waals surface area contributed by atoms with E-state index >= 15 is 0 Å². The zero-order chi connectivity index (χ0) is 17.6. The van der Waals surface area contributed by atoms with Gasteiger partial charge in [-0.3, -0.25) is 14.3 Å². The number of hydrogen-bond acceptors (Lipinski definition) is 10. The summed E-state index contributed by atoms with van der Waals surface area (Å²) in [5.74, 6) is 0. The van der Waals surface area contributed by atoms with Gasteiger partial charge in [0.05, 0.1) is 19.3 Å². The van der Waals surface area contributed by atoms with Crippen LogP contribution in [0.3, 0.4) is 0 Å². The molecular weight excluding hydrogens is 352 g/mol.